The van der Waals surface area contributed by atoms with Crippen molar-refractivity contribution in [2.24, 2.45) is 0 Å². The van der Waals surface area contributed by atoms with Gasteiger partial charge in [-0.1, -0.05) is 401 Å². The molecule has 128 heavy (non-hydrogen) atoms. The summed E-state index contributed by atoms with van der Waals surface area (Å²) in [5.74, 6) is 0.494. The smallest absolute Gasteiger partial charge is 0.338 e. The number of rotatable bonds is 88. The second-order valence-corrected chi connectivity index (χ2v) is 37.5. The lowest BCUT2D eigenvalue weighted by atomic mass is 9.86. The van der Waals surface area contributed by atoms with Gasteiger partial charge in [-0.3, -0.25) is 29.0 Å². The monoisotopic (exact) mass is 1780 g/mol. The van der Waals surface area contributed by atoms with Crippen LogP contribution in [-0.4, -0.2) is 111 Å². The average molecular weight is 1780 g/mol. The maximum Gasteiger partial charge on any atom is 0.338 e. The molecule has 0 radical (unpaired) electrons. The maximum atomic E-state index is 14.4. The van der Waals surface area contributed by atoms with Gasteiger partial charge in [0, 0.05) is 46.1 Å². The first-order valence-electron chi connectivity index (χ1n) is 53.8. The van der Waals surface area contributed by atoms with Gasteiger partial charge in [0.1, 0.15) is 0 Å². The van der Waals surface area contributed by atoms with Crippen LogP contribution < -0.4 is 28.4 Å². The SMILES string of the molecule is CCCCCCCCCCCCOc1cc(C(=O)OCCCCCCN2C(=O)c3ccc4c5c(ccc(c35)C2=O)C(=O)N(CCCCCCOC(=O)c2cc(OCCCCCCCCCCCC)c(OCCCCCCCCCCCC)c(OCCCCCCCCCCCC)c2)C4=O)cc(OCCCCCCCCCCCC)c1OCCCCCCCCCCCC. The van der Waals surface area contributed by atoms with Gasteiger partial charge in [-0.25, -0.2) is 9.59 Å². The van der Waals surface area contributed by atoms with Gasteiger partial charge in [-0.05, 0) is 126 Å². The molecule has 0 saturated heterocycles. The highest BCUT2D eigenvalue weighted by molar-refractivity contribution is 6.33. The standard InChI is InChI=1S/C112H182N2O14/c1-7-13-19-25-31-37-43-49-57-67-81-121-99-89-93(90-100(122-82-68-58-50-44-38-32-26-20-14-8-2)105(99)125-85-71-61-53-47-41-35-29-23-17-11-5)111(119)127-87-73-63-55-65-79-113-107(115)95-75-77-97-104-98(78-76-96(103(95)104)108(113)116)110(118)114(109(97)117)80-66-56-64-74-88-128-112(120)94-91-101(123-83-69-59-51-45-39-33-27-21-15-9-3)106(126-86-72-62-54-48-42-36-30-24-18-12-6)102(92-94)124-84-70-60-52-46-40-34-28-22-16-10-4/h75-78,89-92H,7-74,79-88H2,1-6H3. The number of hydrogen-bond donors (Lipinski definition) is 0. The normalized spacial score (nSPS) is 12.5. The first-order chi connectivity index (χ1) is 63.0. The maximum absolute atomic E-state index is 14.4. The van der Waals surface area contributed by atoms with Crippen LogP contribution in [0.3, 0.4) is 0 Å². The van der Waals surface area contributed by atoms with Crippen molar-refractivity contribution in [1.29, 1.82) is 0 Å². The van der Waals surface area contributed by atoms with Crippen LogP contribution in [0.4, 0.5) is 0 Å². The summed E-state index contributed by atoms with van der Waals surface area (Å²) in [5.41, 5.74) is 1.89. The van der Waals surface area contributed by atoms with E-state index in [1.54, 1.807) is 48.5 Å². The Kier molecular flexibility index (Phi) is 62.5. The van der Waals surface area contributed by atoms with Crippen LogP contribution in [0.25, 0.3) is 10.8 Å². The van der Waals surface area contributed by atoms with Crippen molar-refractivity contribution in [2.45, 2.75) is 478 Å². The van der Waals surface area contributed by atoms with Gasteiger partial charge in [0.15, 0.2) is 23.0 Å². The molecule has 724 valence electrons. The Labute approximate surface area is 778 Å². The lowest BCUT2D eigenvalue weighted by Gasteiger charge is -2.32. The van der Waals surface area contributed by atoms with E-state index in [0.717, 1.165) is 77.0 Å². The third-order valence-corrected chi connectivity index (χ3v) is 26.1. The van der Waals surface area contributed by atoms with Crippen molar-refractivity contribution in [3.05, 3.63) is 81.9 Å². The second kappa shape index (κ2) is 72.7. The summed E-state index contributed by atoms with van der Waals surface area (Å²) in [6.07, 6.45) is 78.5. The van der Waals surface area contributed by atoms with Gasteiger partial charge in [0.25, 0.3) is 23.6 Å². The highest BCUT2D eigenvalue weighted by Crippen LogP contribution is 2.43. The second-order valence-electron chi connectivity index (χ2n) is 37.5. The number of carbonyl (C=O) groups is 6. The molecule has 16 heteroatoms. The average Bonchev–Trinajstić information content (AvgIpc) is 0.712. The van der Waals surface area contributed by atoms with E-state index in [2.05, 4.69) is 41.5 Å². The third-order valence-electron chi connectivity index (χ3n) is 26.1. The zero-order valence-corrected chi connectivity index (χ0v) is 82.4. The van der Waals surface area contributed by atoms with E-state index in [-0.39, 0.29) is 48.6 Å². The molecule has 0 atom stereocenters. The molecule has 0 N–H and O–H groups in total. The Hall–Kier alpha value is -6.84. The summed E-state index contributed by atoms with van der Waals surface area (Å²) >= 11 is 0. The van der Waals surface area contributed by atoms with E-state index >= 15 is 0 Å². The topological polar surface area (TPSA) is 183 Å². The van der Waals surface area contributed by atoms with Gasteiger partial charge in [0.2, 0.25) is 11.5 Å². The van der Waals surface area contributed by atoms with E-state index in [1.165, 1.54) is 318 Å². The molecule has 0 aromatic heterocycles. The molecule has 2 aliphatic rings. The lowest BCUT2D eigenvalue weighted by Crippen LogP contribution is -2.43. The summed E-state index contributed by atoms with van der Waals surface area (Å²) in [7, 11) is 0. The molecule has 6 rings (SSSR count). The zero-order valence-electron chi connectivity index (χ0n) is 82.4. The Morgan fingerprint density at radius 3 is 0.570 bits per heavy atom. The largest absolute Gasteiger partial charge is 0.490 e. The fourth-order valence-corrected chi connectivity index (χ4v) is 18.0. The van der Waals surface area contributed by atoms with Crippen molar-refractivity contribution < 1.29 is 66.7 Å². The molecule has 0 fully saturated rings. The molecule has 0 aliphatic carbocycles. The third kappa shape index (κ3) is 44.6. The van der Waals surface area contributed by atoms with Gasteiger partial charge in [-0.2, -0.15) is 0 Å². The molecular formula is C112H182N2O14. The number of unbranched alkanes of at least 4 members (excludes halogenated alkanes) is 60. The van der Waals surface area contributed by atoms with Crippen molar-refractivity contribution in [3.8, 4) is 34.5 Å². The summed E-state index contributed by atoms with van der Waals surface area (Å²) in [6, 6.07) is 13.6. The Balaban J connectivity index is 1.01. The van der Waals surface area contributed by atoms with Crippen LogP contribution in [0.1, 0.15) is 540 Å². The molecule has 2 aliphatic heterocycles. The minimum absolute atomic E-state index is 0.183. The van der Waals surface area contributed by atoms with E-state index in [4.69, 9.17) is 37.9 Å². The first kappa shape index (κ1) is 110. The fraction of sp³-hybridized carbons (Fsp3) is 0.750. The molecule has 0 spiro atoms. The van der Waals surface area contributed by atoms with Crippen LogP contribution in [0, 0.1) is 0 Å². The van der Waals surface area contributed by atoms with Crippen molar-refractivity contribution in [3.63, 3.8) is 0 Å². The minimum atomic E-state index is -0.457. The van der Waals surface area contributed by atoms with E-state index in [0.29, 0.717) is 147 Å². The number of esters is 2. The molecule has 4 aromatic rings. The van der Waals surface area contributed by atoms with Gasteiger partial charge < -0.3 is 37.9 Å². The van der Waals surface area contributed by atoms with E-state index in [9.17, 15) is 28.8 Å². The van der Waals surface area contributed by atoms with E-state index in [1.807, 2.05) is 0 Å². The lowest BCUT2D eigenvalue weighted by molar-refractivity contribution is 0.0486. The highest BCUT2D eigenvalue weighted by Gasteiger charge is 2.40. The number of hydrogen-bond acceptors (Lipinski definition) is 14. The quantitative estimate of drug-likeness (QED) is 0.0231. The molecular weight excluding hydrogens is 1600 g/mol. The molecule has 0 bridgehead atoms. The first-order valence-corrected chi connectivity index (χ1v) is 53.8. The van der Waals surface area contributed by atoms with Gasteiger partial charge in [-0.15, -0.1) is 0 Å². The molecule has 0 saturated carbocycles. The van der Waals surface area contributed by atoms with Gasteiger partial charge in [0.05, 0.1) is 64.0 Å². The zero-order chi connectivity index (χ0) is 91.2. The number of ether oxygens (including phenoxy) is 8. The molecule has 4 amide bonds. The van der Waals surface area contributed by atoms with Crippen molar-refractivity contribution in [1.82, 2.24) is 9.80 Å². The van der Waals surface area contributed by atoms with Crippen LogP contribution in [0.15, 0.2) is 48.5 Å². The molecule has 4 aromatic carbocycles. The summed E-state index contributed by atoms with van der Waals surface area (Å²) in [6.45, 7) is 17.5. The molecule has 16 nitrogen and oxygen atoms in total. The number of carbonyl (C=O) groups excluding carboxylic acids is 6. The number of amides is 4. The predicted molar refractivity (Wildman–Crippen MR) is 529 cm³/mol. The Bertz CT molecular complexity index is 3210. The Morgan fingerprint density at radius 2 is 0.375 bits per heavy atom. The van der Waals surface area contributed by atoms with Gasteiger partial charge >= 0.3 is 11.9 Å². The number of nitrogens with zero attached hydrogens (tertiary/aromatic N) is 2. The molecule has 2 heterocycles. The predicted octanol–water partition coefficient (Wildman–Crippen LogP) is 32.7. The summed E-state index contributed by atoms with van der Waals surface area (Å²) < 4.78 is 51.5. The van der Waals surface area contributed by atoms with Crippen LogP contribution in [-0.2, 0) is 9.47 Å². The Morgan fingerprint density at radius 1 is 0.211 bits per heavy atom. The van der Waals surface area contributed by atoms with Crippen molar-refractivity contribution >= 4 is 46.3 Å². The fourth-order valence-electron chi connectivity index (χ4n) is 18.0. The number of imide groups is 2. The van der Waals surface area contributed by atoms with Crippen LogP contribution in [0.5, 0.6) is 34.5 Å². The van der Waals surface area contributed by atoms with Crippen LogP contribution in [0.2, 0.25) is 0 Å². The summed E-state index contributed by atoms with van der Waals surface area (Å²) in [4.78, 5) is 88.2. The summed E-state index contributed by atoms with van der Waals surface area (Å²) in [5, 5.41) is 0.696. The minimum Gasteiger partial charge on any atom is -0.490 e. The molecule has 0 unspecified atom stereocenters. The van der Waals surface area contributed by atoms with E-state index < -0.39 is 35.6 Å². The number of benzene rings is 4. The van der Waals surface area contributed by atoms with Crippen LogP contribution >= 0.6 is 0 Å². The van der Waals surface area contributed by atoms with Crippen molar-refractivity contribution in [2.75, 3.05) is 65.9 Å². The highest BCUT2D eigenvalue weighted by atomic mass is 16.6.